The molecule has 0 spiro atoms. The molecule has 4 N–H and O–H groups in total. The summed E-state index contributed by atoms with van der Waals surface area (Å²) in [6.07, 6.45) is 1.95. The highest BCUT2D eigenvalue weighted by molar-refractivity contribution is 5.99. The standard InChI is InChI=1S/C13H19N3O/c1-9-8-10(6-7-15-9)16-13(17)11-4-2-3-5-12(11)14/h2-5,9-10,15H,6-8,14H2,1H3,(H,16,17). The van der Waals surface area contributed by atoms with Crippen LogP contribution in [0.25, 0.3) is 0 Å². The van der Waals surface area contributed by atoms with Crippen LogP contribution in [0.5, 0.6) is 0 Å². The lowest BCUT2D eigenvalue weighted by molar-refractivity contribution is 0.0926. The number of carbonyl (C=O) groups excluding carboxylic acids is 1. The second-order valence-electron chi connectivity index (χ2n) is 4.64. The Bertz CT molecular complexity index is 405. The van der Waals surface area contributed by atoms with E-state index in [9.17, 15) is 4.79 Å². The molecule has 17 heavy (non-hydrogen) atoms. The minimum absolute atomic E-state index is 0.0674. The van der Waals surface area contributed by atoms with E-state index in [-0.39, 0.29) is 11.9 Å². The topological polar surface area (TPSA) is 67.2 Å². The van der Waals surface area contributed by atoms with Crippen LogP contribution in [0, 0.1) is 0 Å². The van der Waals surface area contributed by atoms with Gasteiger partial charge in [-0.25, -0.2) is 0 Å². The number of anilines is 1. The van der Waals surface area contributed by atoms with Gasteiger partial charge in [-0.3, -0.25) is 4.79 Å². The molecule has 1 fully saturated rings. The molecule has 2 unspecified atom stereocenters. The van der Waals surface area contributed by atoms with Crippen LogP contribution < -0.4 is 16.4 Å². The average Bonchev–Trinajstić information content (AvgIpc) is 2.29. The van der Waals surface area contributed by atoms with E-state index < -0.39 is 0 Å². The maximum Gasteiger partial charge on any atom is 0.253 e. The summed E-state index contributed by atoms with van der Waals surface area (Å²) in [5.74, 6) is -0.0674. The fourth-order valence-electron chi connectivity index (χ4n) is 2.23. The summed E-state index contributed by atoms with van der Waals surface area (Å²) >= 11 is 0. The van der Waals surface area contributed by atoms with Gasteiger partial charge in [0, 0.05) is 17.8 Å². The molecule has 0 aromatic heterocycles. The highest BCUT2D eigenvalue weighted by Crippen LogP contribution is 2.13. The molecular formula is C13H19N3O. The Morgan fingerprint density at radius 1 is 1.47 bits per heavy atom. The van der Waals surface area contributed by atoms with Gasteiger partial charge in [-0.1, -0.05) is 12.1 Å². The number of carbonyl (C=O) groups is 1. The number of nitrogens with one attached hydrogen (secondary N) is 2. The molecule has 92 valence electrons. The Hall–Kier alpha value is -1.55. The number of amides is 1. The SMILES string of the molecule is CC1CC(NC(=O)c2ccccc2N)CCN1. The lowest BCUT2D eigenvalue weighted by Gasteiger charge is -2.28. The minimum Gasteiger partial charge on any atom is -0.398 e. The molecule has 1 aliphatic heterocycles. The Balaban J connectivity index is 1.99. The van der Waals surface area contributed by atoms with E-state index >= 15 is 0 Å². The fraction of sp³-hybridized carbons (Fsp3) is 0.462. The lowest BCUT2D eigenvalue weighted by Crippen LogP contribution is -2.46. The first kappa shape index (κ1) is 11.9. The van der Waals surface area contributed by atoms with Gasteiger partial charge >= 0.3 is 0 Å². The van der Waals surface area contributed by atoms with Gasteiger partial charge in [-0.15, -0.1) is 0 Å². The monoisotopic (exact) mass is 233 g/mol. The van der Waals surface area contributed by atoms with Crippen LogP contribution in [0.2, 0.25) is 0 Å². The van der Waals surface area contributed by atoms with Gasteiger partial charge in [0.05, 0.1) is 5.56 Å². The quantitative estimate of drug-likeness (QED) is 0.671. The van der Waals surface area contributed by atoms with Gasteiger partial charge < -0.3 is 16.4 Å². The van der Waals surface area contributed by atoms with Crippen LogP contribution in [0.1, 0.15) is 30.1 Å². The molecule has 1 heterocycles. The van der Waals surface area contributed by atoms with E-state index in [0.29, 0.717) is 17.3 Å². The number of hydrogen-bond donors (Lipinski definition) is 3. The first-order valence-electron chi connectivity index (χ1n) is 6.05. The van der Waals surface area contributed by atoms with Crippen molar-refractivity contribution < 1.29 is 4.79 Å². The van der Waals surface area contributed by atoms with Crippen LogP contribution in [0.15, 0.2) is 24.3 Å². The summed E-state index contributed by atoms with van der Waals surface area (Å²) < 4.78 is 0. The first-order chi connectivity index (χ1) is 8.16. The second-order valence-corrected chi connectivity index (χ2v) is 4.64. The second kappa shape index (κ2) is 5.19. The summed E-state index contributed by atoms with van der Waals surface area (Å²) in [4.78, 5) is 12.0. The van der Waals surface area contributed by atoms with Crippen LogP contribution in [0.4, 0.5) is 5.69 Å². The Kier molecular flexibility index (Phi) is 3.64. The Morgan fingerprint density at radius 2 is 2.24 bits per heavy atom. The molecule has 0 aliphatic carbocycles. The fourth-order valence-corrected chi connectivity index (χ4v) is 2.23. The third kappa shape index (κ3) is 2.97. The van der Waals surface area contributed by atoms with Gasteiger partial charge in [-0.2, -0.15) is 0 Å². The zero-order valence-electron chi connectivity index (χ0n) is 10.1. The van der Waals surface area contributed by atoms with Gasteiger partial charge in [0.15, 0.2) is 0 Å². The van der Waals surface area contributed by atoms with Crippen molar-refractivity contribution >= 4 is 11.6 Å². The van der Waals surface area contributed by atoms with Crippen molar-refractivity contribution in [3.8, 4) is 0 Å². The lowest BCUT2D eigenvalue weighted by atomic mass is 10.00. The van der Waals surface area contributed by atoms with E-state index in [1.165, 1.54) is 0 Å². The predicted molar refractivity (Wildman–Crippen MR) is 68.8 cm³/mol. The van der Waals surface area contributed by atoms with Crippen molar-refractivity contribution in [1.82, 2.24) is 10.6 Å². The normalized spacial score (nSPS) is 24.3. The van der Waals surface area contributed by atoms with Crippen LogP contribution >= 0.6 is 0 Å². The summed E-state index contributed by atoms with van der Waals surface area (Å²) in [6, 6.07) is 7.88. The summed E-state index contributed by atoms with van der Waals surface area (Å²) in [5, 5.41) is 6.41. The Labute approximate surface area is 102 Å². The minimum atomic E-state index is -0.0674. The van der Waals surface area contributed by atoms with Crippen LogP contribution in [-0.2, 0) is 0 Å². The highest BCUT2D eigenvalue weighted by atomic mass is 16.1. The molecule has 2 rings (SSSR count). The molecule has 1 aromatic carbocycles. The van der Waals surface area contributed by atoms with Crippen molar-refractivity contribution in [2.45, 2.75) is 31.8 Å². The summed E-state index contributed by atoms with van der Waals surface area (Å²) in [7, 11) is 0. The van der Waals surface area contributed by atoms with Gasteiger partial charge in [0.2, 0.25) is 0 Å². The number of hydrogen-bond acceptors (Lipinski definition) is 3. The van der Waals surface area contributed by atoms with Gasteiger partial charge in [0.25, 0.3) is 5.91 Å². The number of nitrogens with two attached hydrogens (primary N) is 1. The van der Waals surface area contributed by atoms with E-state index in [2.05, 4.69) is 17.6 Å². The van der Waals surface area contributed by atoms with Gasteiger partial charge in [0.1, 0.15) is 0 Å². The first-order valence-corrected chi connectivity index (χ1v) is 6.05. The molecule has 1 saturated heterocycles. The predicted octanol–water partition coefficient (Wildman–Crippen LogP) is 1.14. The molecule has 1 aromatic rings. The molecule has 2 atom stereocenters. The van der Waals surface area contributed by atoms with E-state index in [1.807, 2.05) is 12.1 Å². The smallest absolute Gasteiger partial charge is 0.253 e. The molecule has 1 aliphatic rings. The van der Waals surface area contributed by atoms with Crippen LogP contribution in [-0.4, -0.2) is 24.5 Å². The van der Waals surface area contributed by atoms with E-state index in [0.717, 1.165) is 19.4 Å². The van der Waals surface area contributed by atoms with Crippen molar-refractivity contribution in [2.24, 2.45) is 0 Å². The van der Waals surface area contributed by atoms with Crippen LogP contribution in [0.3, 0.4) is 0 Å². The van der Waals surface area contributed by atoms with Gasteiger partial charge in [-0.05, 0) is 38.4 Å². The third-order valence-corrected chi connectivity index (χ3v) is 3.16. The van der Waals surface area contributed by atoms with Crippen molar-refractivity contribution in [3.05, 3.63) is 29.8 Å². The van der Waals surface area contributed by atoms with Crippen molar-refractivity contribution in [2.75, 3.05) is 12.3 Å². The third-order valence-electron chi connectivity index (χ3n) is 3.16. The summed E-state index contributed by atoms with van der Waals surface area (Å²) in [6.45, 7) is 3.09. The molecule has 0 bridgehead atoms. The number of piperidine rings is 1. The van der Waals surface area contributed by atoms with Crippen molar-refractivity contribution in [1.29, 1.82) is 0 Å². The maximum atomic E-state index is 12.0. The molecule has 1 amide bonds. The molecule has 0 saturated carbocycles. The molecule has 0 radical (unpaired) electrons. The largest absolute Gasteiger partial charge is 0.398 e. The average molecular weight is 233 g/mol. The highest BCUT2D eigenvalue weighted by Gasteiger charge is 2.20. The number of nitrogen functional groups attached to an aromatic ring is 1. The van der Waals surface area contributed by atoms with E-state index in [1.54, 1.807) is 12.1 Å². The van der Waals surface area contributed by atoms with E-state index in [4.69, 9.17) is 5.73 Å². The molecular weight excluding hydrogens is 214 g/mol. The summed E-state index contributed by atoms with van der Waals surface area (Å²) in [5.41, 5.74) is 6.88. The van der Waals surface area contributed by atoms with Crippen molar-refractivity contribution in [3.63, 3.8) is 0 Å². The number of benzene rings is 1. The number of para-hydroxylation sites is 1. The maximum absolute atomic E-state index is 12.0. The zero-order valence-corrected chi connectivity index (χ0v) is 10.1. The zero-order chi connectivity index (χ0) is 12.3. The Morgan fingerprint density at radius 3 is 2.94 bits per heavy atom. The number of rotatable bonds is 2. The molecule has 4 nitrogen and oxygen atoms in total. The molecule has 4 heteroatoms.